The van der Waals surface area contributed by atoms with Gasteiger partial charge in [0.2, 0.25) is 0 Å². The zero-order chi connectivity index (χ0) is 21.9. The van der Waals surface area contributed by atoms with Crippen LogP contribution in [-0.2, 0) is 4.79 Å². The van der Waals surface area contributed by atoms with E-state index in [0.717, 1.165) is 23.4 Å². The molecule has 1 N–H and O–H groups in total. The molecule has 1 aliphatic heterocycles. The van der Waals surface area contributed by atoms with Crippen LogP contribution >= 0.6 is 11.6 Å². The van der Waals surface area contributed by atoms with Crippen LogP contribution in [0.4, 0.5) is 5.69 Å². The van der Waals surface area contributed by atoms with Crippen molar-refractivity contribution in [1.82, 2.24) is 5.43 Å². The molecular weight excluding hydrogens is 402 g/mol. The van der Waals surface area contributed by atoms with E-state index in [9.17, 15) is 4.79 Å². The van der Waals surface area contributed by atoms with E-state index in [1.54, 1.807) is 37.6 Å². The van der Waals surface area contributed by atoms with E-state index in [0.29, 0.717) is 16.7 Å². The first-order valence-electron chi connectivity index (χ1n) is 9.87. The molecule has 0 fully saturated rings. The summed E-state index contributed by atoms with van der Waals surface area (Å²) in [5.41, 5.74) is 5.69. The summed E-state index contributed by atoms with van der Waals surface area (Å²) in [5, 5.41) is 4.64. The molecule has 1 atom stereocenters. The molecule has 0 bridgehead atoms. The van der Waals surface area contributed by atoms with Crippen molar-refractivity contribution in [2.24, 2.45) is 5.10 Å². The molecule has 160 valence electrons. The number of nitrogens with one attached hydrogen (secondary N) is 1. The first-order chi connectivity index (χ1) is 14.2. The maximum atomic E-state index is 12.0. The number of methoxy groups -OCH3 is 1. The van der Waals surface area contributed by atoms with Gasteiger partial charge in [-0.1, -0.05) is 18.5 Å². The largest absolute Gasteiger partial charge is 0.497 e. The number of carbonyl (C=O) groups excluding carboxylic acids is 1. The van der Waals surface area contributed by atoms with Crippen LogP contribution in [0.5, 0.6) is 11.5 Å². The number of nitrogens with zero attached hydrogens (tertiary/aromatic N) is 2. The van der Waals surface area contributed by atoms with Crippen molar-refractivity contribution in [3.63, 3.8) is 0 Å². The molecule has 2 aromatic carbocycles. The van der Waals surface area contributed by atoms with Gasteiger partial charge >= 0.3 is 0 Å². The van der Waals surface area contributed by atoms with Crippen molar-refractivity contribution in [2.45, 2.75) is 38.6 Å². The molecule has 3 rings (SSSR count). The molecule has 0 aromatic heterocycles. The molecule has 1 aliphatic rings. The lowest BCUT2D eigenvalue weighted by atomic mass is 9.80. The quantitative estimate of drug-likeness (QED) is 0.538. The fraction of sp³-hybridized carbons (Fsp3) is 0.391. The van der Waals surface area contributed by atoms with Crippen LogP contribution in [0.15, 0.2) is 41.5 Å². The van der Waals surface area contributed by atoms with E-state index < -0.39 is 0 Å². The van der Waals surface area contributed by atoms with Crippen molar-refractivity contribution in [3.05, 3.63) is 52.5 Å². The number of benzene rings is 2. The molecule has 7 heteroatoms. The second-order valence-corrected chi connectivity index (χ2v) is 8.57. The summed E-state index contributed by atoms with van der Waals surface area (Å²) in [6.45, 7) is 6.55. The van der Waals surface area contributed by atoms with E-state index in [1.807, 2.05) is 6.07 Å². The van der Waals surface area contributed by atoms with E-state index in [2.05, 4.69) is 49.3 Å². The average molecular weight is 430 g/mol. The molecule has 0 aliphatic carbocycles. The van der Waals surface area contributed by atoms with Gasteiger partial charge in [-0.25, -0.2) is 5.43 Å². The standard InChI is InChI=1S/C23H28ClN3O3/c1-15-12-23(2,3)27(4)21-11-20(24)16(10-19(15)21)13-25-26-22(28)14-30-18-8-6-17(29-5)7-9-18/h6-11,13,15H,12,14H2,1-5H3,(H,26,28)/b25-13-. The number of fused-ring (bicyclic) bond motifs is 1. The van der Waals surface area contributed by atoms with E-state index in [4.69, 9.17) is 21.1 Å². The maximum Gasteiger partial charge on any atom is 0.277 e. The van der Waals surface area contributed by atoms with Gasteiger partial charge in [0.05, 0.1) is 18.3 Å². The normalized spacial score (nSPS) is 17.5. The molecule has 0 radical (unpaired) electrons. The molecule has 0 saturated carbocycles. The number of hydrogen-bond donors (Lipinski definition) is 1. The third-order valence-electron chi connectivity index (χ3n) is 5.57. The van der Waals surface area contributed by atoms with Gasteiger partial charge in [-0.15, -0.1) is 0 Å². The van der Waals surface area contributed by atoms with Crippen LogP contribution in [-0.4, -0.2) is 38.4 Å². The highest BCUT2D eigenvalue weighted by Crippen LogP contribution is 2.44. The van der Waals surface area contributed by atoms with Crippen LogP contribution in [0.3, 0.4) is 0 Å². The van der Waals surface area contributed by atoms with Crippen molar-refractivity contribution in [1.29, 1.82) is 0 Å². The molecule has 30 heavy (non-hydrogen) atoms. The predicted molar refractivity (Wildman–Crippen MR) is 121 cm³/mol. The van der Waals surface area contributed by atoms with Crippen LogP contribution in [0.2, 0.25) is 5.02 Å². The Morgan fingerprint density at radius 1 is 1.30 bits per heavy atom. The van der Waals surface area contributed by atoms with E-state index in [1.165, 1.54) is 5.56 Å². The van der Waals surface area contributed by atoms with Crippen molar-refractivity contribution >= 4 is 29.4 Å². The number of hydrazone groups is 1. The highest BCUT2D eigenvalue weighted by atomic mass is 35.5. The monoisotopic (exact) mass is 429 g/mol. The van der Waals surface area contributed by atoms with E-state index in [-0.39, 0.29) is 18.1 Å². The summed E-state index contributed by atoms with van der Waals surface area (Å²) in [5.74, 6) is 1.35. The summed E-state index contributed by atoms with van der Waals surface area (Å²) in [6.07, 6.45) is 2.62. The lowest BCUT2D eigenvalue weighted by Gasteiger charge is -2.45. The fourth-order valence-corrected chi connectivity index (χ4v) is 3.94. The second kappa shape index (κ2) is 8.96. The lowest BCUT2D eigenvalue weighted by molar-refractivity contribution is -0.123. The number of halogens is 1. The van der Waals surface area contributed by atoms with Gasteiger partial charge in [-0.3, -0.25) is 4.79 Å². The van der Waals surface area contributed by atoms with Gasteiger partial charge in [0.1, 0.15) is 11.5 Å². The lowest BCUT2D eigenvalue weighted by Crippen LogP contribution is -2.45. The zero-order valence-electron chi connectivity index (χ0n) is 18.0. The highest BCUT2D eigenvalue weighted by Gasteiger charge is 2.34. The molecule has 1 amide bonds. The molecule has 1 unspecified atom stereocenters. The Hall–Kier alpha value is -2.73. The second-order valence-electron chi connectivity index (χ2n) is 8.17. The SMILES string of the molecule is COc1ccc(OCC(=O)N/N=C\c2cc3c(cc2Cl)N(C)C(C)(C)CC3C)cc1. The van der Waals surface area contributed by atoms with Crippen molar-refractivity contribution in [3.8, 4) is 11.5 Å². The minimum absolute atomic E-state index is 0.0726. The Morgan fingerprint density at radius 2 is 1.97 bits per heavy atom. The molecule has 6 nitrogen and oxygen atoms in total. The Morgan fingerprint density at radius 3 is 2.63 bits per heavy atom. The van der Waals surface area contributed by atoms with Gasteiger partial charge in [0.25, 0.3) is 5.91 Å². The van der Waals surface area contributed by atoms with Gasteiger partial charge in [-0.05, 0) is 68.1 Å². The highest BCUT2D eigenvalue weighted by molar-refractivity contribution is 6.33. The first kappa shape index (κ1) is 22.0. The number of rotatable bonds is 6. The van der Waals surface area contributed by atoms with Crippen LogP contribution in [0.25, 0.3) is 0 Å². The summed E-state index contributed by atoms with van der Waals surface area (Å²) < 4.78 is 10.5. The number of ether oxygens (including phenoxy) is 2. The van der Waals surface area contributed by atoms with E-state index >= 15 is 0 Å². The number of carbonyl (C=O) groups is 1. The summed E-state index contributed by atoms with van der Waals surface area (Å²) in [6, 6.07) is 11.0. The molecule has 1 heterocycles. The summed E-state index contributed by atoms with van der Waals surface area (Å²) >= 11 is 6.48. The number of amides is 1. The molecule has 0 spiro atoms. The number of hydrogen-bond acceptors (Lipinski definition) is 5. The predicted octanol–water partition coefficient (Wildman–Crippen LogP) is 4.60. The third-order valence-corrected chi connectivity index (χ3v) is 5.90. The van der Waals surface area contributed by atoms with Gasteiger partial charge in [0, 0.05) is 23.8 Å². The van der Waals surface area contributed by atoms with Crippen molar-refractivity contribution < 1.29 is 14.3 Å². The Labute approximate surface area is 182 Å². The van der Waals surface area contributed by atoms with Crippen LogP contribution < -0.4 is 19.8 Å². The molecule has 2 aromatic rings. The smallest absolute Gasteiger partial charge is 0.277 e. The van der Waals surface area contributed by atoms with Crippen molar-refractivity contribution in [2.75, 3.05) is 25.7 Å². The molecular formula is C23H28ClN3O3. The average Bonchev–Trinajstić information content (AvgIpc) is 2.71. The van der Waals surface area contributed by atoms with Gasteiger partial charge < -0.3 is 14.4 Å². The minimum Gasteiger partial charge on any atom is -0.497 e. The van der Waals surface area contributed by atoms with Crippen LogP contribution in [0.1, 0.15) is 44.2 Å². The maximum absolute atomic E-state index is 12.0. The summed E-state index contributed by atoms with van der Waals surface area (Å²) in [4.78, 5) is 14.3. The minimum atomic E-state index is -0.356. The first-order valence-corrected chi connectivity index (χ1v) is 10.2. The Bertz CT molecular complexity index is 941. The number of anilines is 1. The van der Waals surface area contributed by atoms with Gasteiger partial charge in [-0.2, -0.15) is 5.10 Å². The zero-order valence-corrected chi connectivity index (χ0v) is 18.8. The fourth-order valence-electron chi connectivity index (χ4n) is 3.73. The van der Waals surface area contributed by atoms with Gasteiger partial charge in [0.15, 0.2) is 6.61 Å². The Balaban J connectivity index is 1.62. The topological polar surface area (TPSA) is 63.2 Å². The third kappa shape index (κ3) is 4.87. The van der Waals surface area contributed by atoms with Crippen LogP contribution in [0, 0.1) is 0 Å². The Kier molecular flexibility index (Phi) is 6.56. The molecule has 0 saturated heterocycles. The summed E-state index contributed by atoms with van der Waals surface area (Å²) in [7, 11) is 3.69.